The van der Waals surface area contributed by atoms with Gasteiger partial charge in [0.2, 0.25) is 0 Å². The molecule has 3 nitrogen and oxygen atoms in total. The molecule has 0 unspecified atom stereocenters. The van der Waals surface area contributed by atoms with Gasteiger partial charge in [0, 0.05) is 37.7 Å². The van der Waals surface area contributed by atoms with Gasteiger partial charge >= 0.3 is 0 Å². The van der Waals surface area contributed by atoms with Gasteiger partial charge in [0.15, 0.2) is 0 Å². The highest BCUT2D eigenvalue weighted by Gasteiger charge is 2.26. The minimum absolute atomic E-state index is 0.450. The minimum atomic E-state index is 0.450. The number of anilines is 1. The number of aromatic nitrogens is 1. The predicted octanol–water partition coefficient (Wildman–Crippen LogP) is 1.26. The molecule has 0 aliphatic heterocycles. The van der Waals surface area contributed by atoms with Crippen LogP contribution in [0.25, 0.3) is 0 Å². The molecule has 1 heterocycles. The highest BCUT2D eigenvalue weighted by molar-refractivity contribution is 5.43. The van der Waals surface area contributed by atoms with E-state index in [-0.39, 0.29) is 0 Å². The van der Waals surface area contributed by atoms with Crippen molar-refractivity contribution in [2.45, 2.75) is 18.9 Å². The number of hydrogen-bond donors (Lipinski definition) is 1. The van der Waals surface area contributed by atoms with E-state index in [2.05, 4.69) is 16.9 Å². The van der Waals surface area contributed by atoms with Gasteiger partial charge in [0.1, 0.15) is 0 Å². The molecule has 1 aromatic heterocycles. The summed E-state index contributed by atoms with van der Waals surface area (Å²) in [4.78, 5) is 6.28. The second kappa shape index (κ2) is 3.96. The van der Waals surface area contributed by atoms with E-state index >= 15 is 0 Å². The van der Waals surface area contributed by atoms with Gasteiger partial charge < -0.3 is 10.6 Å². The number of nitrogens with zero attached hydrogens (tertiary/aromatic N) is 2. The number of rotatable bonds is 3. The van der Waals surface area contributed by atoms with Crippen molar-refractivity contribution in [3.05, 3.63) is 24.5 Å². The average molecular weight is 191 g/mol. The number of pyridine rings is 1. The third-order valence-corrected chi connectivity index (χ3v) is 2.91. The van der Waals surface area contributed by atoms with Crippen LogP contribution in [0.3, 0.4) is 0 Å². The van der Waals surface area contributed by atoms with Gasteiger partial charge in [-0.25, -0.2) is 0 Å². The Hall–Kier alpha value is -1.09. The lowest BCUT2D eigenvalue weighted by Gasteiger charge is -2.36. The first-order valence-corrected chi connectivity index (χ1v) is 5.12. The van der Waals surface area contributed by atoms with Crippen LogP contribution >= 0.6 is 0 Å². The van der Waals surface area contributed by atoms with Crippen LogP contribution in [-0.2, 0) is 0 Å². The lowest BCUT2D eigenvalue weighted by Crippen LogP contribution is -2.41. The van der Waals surface area contributed by atoms with Crippen molar-refractivity contribution in [3.8, 4) is 0 Å². The van der Waals surface area contributed by atoms with Crippen LogP contribution < -0.4 is 10.6 Å². The molecule has 0 saturated heterocycles. The van der Waals surface area contributed by atoms with Gasteiger partial charge in [-0.1, -0.05) is 0 Å². The van der Waals surface area contributed by atoms with Crippen molar-refractivity contribution >= 4 is 5.69 Å². The Morgan fingerprint density at radius 3 is 2.64 bits per heavy atom. The van der Waals surface area contributed by atoms with E-state index in [0.717, 1.165) is 12.5 Å². The number of hydrogen-bond acceptors (Lipinski definition) is 3. The van der Waals surface area contributed by atoms with Crippen LogP contribution in [0.5, 0.6) is 0 Å². The van der Waals surface area contributed by atoms with Crippen molar-refractivity contribution in [2.24, 2.45) is 11.7 Å². The van der Waals surface area contributed by atoms with Gasteiger partial charge in [0.05, 0.1) is 0 Å². The maximum absolute atomic E-state index is 5.75. The first-order chi connectivity index (χ1) is 6.75. The van der Waals surface area contributed by atoms with Crippen molar-refractivity contribution in [2.75, 3.05) is 18.5 Å². The molecule has 0 spiro atoms. The molecular weight excluding hydrogens is 174 g/mol. The van der Waals surface area contributed by atoms with E-state index in [1.165, 1.54) is 18.5 Å². The second-order valence-electron chi connectivity index (χ2n) is 4.18. The lowest BCUT2D eigenvalue weighted by atomic mass is 9.80. The van der Waals surface area contributed by atoms with Crippen LogP contribution in [-0.4, -0.2) is 24.6 Å². The van der Waals surface area contributed by atoms with Crippen molar-refractivity contribution in [1.29, 1.82) is 0 Å². The van der Waals surface area contributed by atoms with E-state index in [4.69, 9.17) is 5.73 Å². The van der Waals surface area contributed by atoms with Crippen LogP contribution in [0.1, 0.15) is 12.8 Å². The molecule has 0 aromatic carbocycles. The van der Waals surface area contributed by atoms with Gasteiger partial charge in [-0.3, -0.25) is 4.98 Å². The maximum Gasteiger partial charge on any atom is 0.0394 e. The molecule has 76 valence electrons. The molecule has 0 radical (unpaired) electrons. The Bertz CT molecular complexity index is 280. The van der Waals surface area contributed by atoms with Crippen LogP contribution in [0, 0.1) is 5.92 Å². The first kappa shape index (κ1) is 9.46. The van der Waals surface area contributed by atoms with Crippen molar-refractivity contribution in [1.82, 2.24) is 4.98 Å². The van der Waals surface area contributed by atoms with Gasteiger partial charge in [0.25, 0.3) is 0 Å². The molecule has 1 saturated carbocycles. The fraction of sp³-hybridized carbons (Fsp3) is 0.545. The summed E-state index contributed by atoms with van der Waals surface area (Å²) < 4.78 is 0. The van der Waals surface area contributed by atoms with Crippen molar-refractivity contribution in [3.63, 3.8) is 0 Å². The number of nitrogens with two attached hydrogens (primary N) is 1. The minimum Gasteiger partial charge on any atom is -0.374 e. The summed E-state index contributed by atoms with van der Waals surface area (Å²) in [6.07, 6.45) is 6.02. The van der Waals surface area contributed by atoms with Crippen molar-refractivity contribution < 1.29 is 0 Å². The standard InChI is InChI=1S/C11H17N3/c1-14(8-9-6-10(12)7-9)11-2-4-13-5-3-11/h2-5,9-10H,6-8,12H2,1H3. The third-order valence-electron chi connectivity index (χ3n) is 2.91. The summed E-state index contributed by atoms with van der Waals surface area (Å²) in [6.45, 7) is 1.11. The highest BCUT2D eigenvalue weighted by atomic mass is 15.1. The topological polar surface area (TPSA) is 42.1 Å². The van der Waals surface area contributed by atoms with E-state index in [1.54, 1.807) is 0 Å². The maximum atomic E-state index is 5.75. The van der Waals surface area contributed by atoms with E-state index in [0.29, 0.717) is 6.04 Å². The first-order valence-electron chi connectivity index (χ1n) is 5.12. The predicted molar refractivity (Wildman–Crippen MR) is 58.2 cm³/mol. The van der Waals surface area contributed by atoms with E-state index in [1.807, 2.05) is 24.5 Å². The molecule has 0 amide bonds. The Balaban J connectivity index is 1.87. The smallest absolute Gasteiger partial charge is 0.0394 e. The summed E-state index contributed by atoms with van der Waals surface area (Å²) in [7, 11) is 2.12. The second-order valence-corrected chi connectivity index (χ2v) is 4.18. The summed E-state index contributed by atoms with van der Waals surface area (Å²) in [6, 6.07) is 4.53. The van der Waals surface area contributed by atoms with Gasteiger partial charge in [-0.2, -0.15) is 0 Å². The average Bonchev–Trinajstić information content (AvgIpc) is 2.17. The Labute approximate surface area is 84.9 Å². The van der Waals surface area contributed by atoms with Crippen LogP contribution in [0.15, 0.2) is 24.5 Å². The lowest BCUT2D eigenvalue weighted by molar-refractivity contribution is 0.271. The molecule has 1 fully saturated rings. The molecule has 14 heavy (non-hydrogen) atoms. The van der Waals surface area contributed by atoms with Gasteiger partial charge in [-0.15, -0.1) is 0 Å². The fourth-order valence-corrected chi connectivity index (χ4v) is 2.03. The largest absolute Gasteiger partial charge is 0.374 e. The van der Waals surface area contributed by atoms with Crippen LogP contribution in [0.4, 0.5) is 5.69 Å². The Kier molecular flexibility index (Phi) is 2.68. The SMILES string of the molecule is CN(CC1CC(N)C1)c1ccncc1. The molecular formula is C11H17N3. The van der Waals surface area contributed by atoms with Crippen LogP contribution in [0.2, 0.25) is 0 Å². The Morgan fingerprint density at radius 2 is 2.07 bits per heavy atom. The normalized spacial score (nSPS) is 25.6. The summed E-state index contributed by atoms with van der Waals surface area (Å²) in [5.74, 6) is 0.781. The highest BCUT2D eigenvalue weighted by Crippen LogP contribution is 2.27. The van der Waals surface area contributed by atoms with E-state index in [9.17, 15) is 0 Å². The zero-order valence-corrected chi connectivity index (χ0v) is 8.56. The summed E-state index contributed by atoms with van der Waals surface area (Å²) >= 11 is 0. The molecule has 0 atom stereocenters. The quantitative estimate of drug-likeness (QED) is 0.782. The van der Waals surface area contributed by atoms with Gasteiger partial charge in [-0.05, 0) is 30.9 Å². The zero-order chi connectivity index (χ0) is 9.97. The third kappa shape index (κ3) is 2.04. The molecule has 1 aliphatic rings. The molecule has 2 N–H and O–H groups in total. The molecule has 1 aromatic rings. The monoisotopic (exact) mass is 191 g/mol. The molecule has 1 aliphatic carbocycles. The molecule has 0 bridgehead atoms. The zero-order valence-electron chi connectivity index (χ0n) is 8.56. The summed E-state index contributed by atoms with van der Waals surface area (Å²) in [5, 5.41) is 0. The fourth-order valence-electron chi connectivity index (χ4n) is 2.03. The molecule has 2 rings (SSSR count). The summed E-state index contributed by atoms with van der Waals surface area (Å²) in [5.41, 5.74) is 6.99. The van der Waals surface area contributed by atoms with E-state index < -0.39 is 0 Å². The molecule has 3 heteroatoms. The Morgan fingerprint density at radius 1 is 1.43 bits per heavy atom.